The molecule has 5 heteroatoms. The molecule has 0 atom stereocenters. The summed E-state index contributed by atoms with van der Waals surface area (Å²) in [7, 11) is 0. The maximum absolute atomic E-state index is 11.9. The van der Waals surface area contributed by atoms with E-state index in [4.69, 9.17) is 4.74 Å². The minimum Gasteiger partial charge on any atom is -0.381 e. The predicted octanol–water partition coefficient (Wildman–Crippen LogP) is 2.21. The van der Waals surface area contributed by atoms with Gasteiger partial charge in [0.05, 0.1) is 11.9 Å². The van der Waals surface area contributed by atoms with Gasteiger partial charge in [-0.2, -0.15) is 0 Å². The number of hydrogen-bond donors (Lipinski definition) is 1. The van der Waals surface area contributed by atoms with Crippen molar-refractivity contribution in [2.24, 2.45) is 5.92 Å². The Morgan fingerprint density at radius 3 is 2.88 bits per heavy atom. The van der Waals surface area contributed by atoms with Crippen LogP contribution >= 0.6 is 15.9 Å². The number of aromatic nitrogens is 1. The molecule has 16 heavy (non-hydrogen) atoms. The van der Waals surface area contributed by atoms with Gasteiger partial charge in [0.2, 0.25) is 5.91 Å². The molecule has 2 heterocycles. The number of ether oxygens (including phenoxy) is 1. The minimum absolute atomic E-state index is 0.0585. The fraction of sp³-hybridized carbons (Fsp3) is 0.455. The largest absolute Gasteiger partial charge is 0.381 e. The lowest BCUT2D eigenvalue weighted by molar-refractivity contribution is -0.122. The Kier molecular flexibility index (Phi) is 3.90. The average Bonchev–Trinajstić information content (AvgIpc) is 2.30. The molecule has 1 fully saturated rings. The minimum atomic E-state index is 0.0585. The van der Waals surface area contributed by atoms with E-state index in [1.54, 1.807) is 12.4 Å². The number of anilines is 1. The van der Waals surface area contributed by atoms with E-state index in [0.29, 0.717) is 13.2 Å². The van der Waals surface area contributed by atoms with Crippen LogP contribution < -0.4 is 5.32 Å². The molecule has 0 radical (unpaired) electrons. The van der Waals surface area contributed by atoms with Crippen molar-refractivity contribution in [1.29, 1.82) is 0 Å². The Labute approximate surface area is 103 Å². The number of halogens is 1. The number of rotatable bonds is 2. The van der Waals surface area contributed by atoms with Crippen LogP contribution in [0.1, 0.15) is 12.8 Å². The van der Waals surface area contributed by atoms with Crippen molar-refractivity contribution in [3.05, 3.63) is 22.9 Å². The fourth-order valence-corrected chi connectivity index (χ4v) is 2.05. The second kappa shape index (κ2) is 5.41. The summed E-state index contributed by atoms with van der Waals surface area (Å²) in [4.78, 5) is 15.9. The Morgan fingerprint density at radius 2 is 2.19 bits per heavy atom. The Balaban J connectivity index is 1.96. The summed E-state index contributed by atoms with van der Waals surface area (Å²) in [6, 6.07) is 1.84. The molecule has 86 valence electrons. The highest BCUT2D eigenvalue weighted by atomic mass is 79.9. The first kappa shape index (κ1) is 11.5. The third kappa shape index (κ3) is 3.02. The van der Waals surface area contributed by atoms with E-state index in [-0.39, 0.29) is 11.8 Å². The molecule has 1 aromatic heterocycles. The average molecular weight is 285 g/mol. The number of nitrogens with zero attached hydrogens (tertiary/aromatic N) is 1. The van der Waals surface area contributed by atoms with Crippen LogP contribution in [0.4, 0.5) is 5.69 Å². The molecule has 1 aliphatic rings. The van der Waals surface area contributed by atoms with Crippen LogP contribution in [0.5, 0.6) is 0 Å². The molecule has 2 rings (SSSR count). The van der Waals surface area contributed by atoms with Crippen molar-refractivity contribution < 1.29 is 9.53 Å². The van der Waals surface area contributed by atoms with Gasteiger partial charge in [-0.25, -0.2) is 0 Å². The molecular formula is C11H13BrN2O2. The quantitative estimate of drug-likeness (QED) is 0.906. The summed E-state index contributed by atoms with van der Waals surface area (Å²) >= 11 is 3.31. The highest BCUT2D eigenvalue weighted by Gasteiger charge is 2.21. The van der Waals surface area contributed by atoms with Crippen LogP contribution in [0.25, 0.3) is 0 Å². The van der Waals surface area contributed by atoms with E-state index in [1.165, 1.54) is 0 Å². The summed E-state index contributed by atoms with van der Waals surface area (Å²) in [6.45, 7) is 1.35. The van der Waals surface area contributed by atoms with Gasteiger partial charge in [-0.15, -0.1) is 0 Å². The highest BCUT2D eigenvalue weighted by Crippen LogP contribution is 2.18. The molecule has 1 N–H and O–H groups in total. The molecule has 0 unspecified atom stereocenters. The fourth-order valence-electron chi connectivity index (χ4n) is 1.68. The van der Waals surface area contributed by atoms with Crippen LogP contribution in [-0.4, -0.2) is 24.1 Å². The van der Waals surface area contributed by atoms with E-state index < -0.39 is 0 Å². The second-order valence-corrected chi connectivity index (χ2v) is 4.68. The van der Waals surface area contributed by atoms with Crippen molar-refractivity contribution in [2.45, 2.75) is 12.8 Å². The van der Waals surface area contributed by atoms with Crippen molar-refractivity contribution in [1.82, 2.24) is 4.98 Å². The van der Waals surface area contributed by atoms with Crippen LogP contribution in [0.2, 0.25) is 0 Å². The lowest BCUT2D eigenvalue weighted by atomic mass is 9.99. The van der Waals surface area contributed by atoms with Crippen LogP contribution in [-0.2, 0) is 9.53 Å². The van der Waals surface area contributed by atoms with Gasteiger partial charge in [0.1, 0.15) is 0 Å². The molecule has 1 saturated heterocycles. The van der Waals surface area contributed by atoms with Crippen molar-refractivity contribution in [2.75, 3.05) is 18.5 Å². The Hall–Kier alpha value is -0.940. The van der Waals surface area contributed by atoms with Crippen molar-refractivity contribution in [3.8, 4) is 0 Å². The lowest BCUT2D eigenvalue weighted by Crippen LogP contribution is -2.28. The zero-order valence-corrected chi connectivity index (χ0v) is 10.4. The van der Waals surface area contributed by atoms with Crippen molar-refractivity contribution >= 4 is 27.5 Å². The van der Waals surface area contributed by atoms with Crippen LogP contribution in [0.3, 0.4) is 0 Å². The predicted molar refractivity (Wildman–Crippen MR) is 64.1 cm³/mol. The van der Waals surface area contributed by atoms with Gasteiger partial charge in [-0.1, -0.05) is 0 Å². The maximum atomic E-state index is 11.9. The molecule has 0 aromatic carbocycles. The number of nitrogens with one attached hydrogen (secondary N) is 1. The summed E-state index contributed by atoms with van der Waals surface area (Å²) in [6.07, 6.45) is 4.92. The number of pyridine rings is 1. The molecule has 0 aliphatic carbocycles. The Bertz CT molecular complexity index is 378. The van der Waals surface area contributed by atoms with Gasteiger partial charge in [-0.3, -0.25) is 9.78 Å². The van der Waals surface area contributed by atoms with E-state index in [0.717, 1.165) is 23.0 Å². The van der Waals surface area contributed by atoms with Crippen molar-refractivity contribution in [3.63, 3.8) is 0 Å². The third-order valence-corrected chi connectivity index (χ3v) is 3.00. The third-order valence-electron chi connectivity index (χ3n) is 2.56. The second-order valence-electron chi connectivity index (χ2n) is 3.77. The summed E-state index contributed by atoms with van der Waals surface area (Å²) < 4.78 is 6.08. The normalized spacial score (nSPS) is 17.1. The standard InChI is InChI=1S/C11H13BrN2O2/c12-9-5-10(7-13-6-9)14-11(15)8-1-3-16-4-2-8/h5-8H,1-4H2,(H,14,15). The van der Waals surface area contributed by atoms with E-state index in [2.05, 4.69) is 26.2 Å². The first-order valence-electron chi connectivity index (χ1n) is 5.25. The van der Waals surface area contributed by atoms with Gasteiger partial charge in [-0.05, 0) is 34.8 Å². The highest BCUT2D eigenvalue weighted by molar-refractivity contribution is 9.10. The number of amides is 1. The summed E-state index contributed by atoms with van der Waals surface area (Å²) in [5, 5.41) is 2.87. The first-order valence-corrected chi connectivity index (χ1v) is 6.04. The van der Waals surface area contributed by atoms with Gasteiger partial charge in [0.15, 0.2) is 0 Å². The lowest BCUT2D eigenvalue weighted by Gasteiger charge is -2.21. The number of hydrogen-bond acceptors (Lipinski definition) is 3. The van der Waals surface area contributed by atoms with Crippen LogP contribution in [0, 0.1) is 5.92 Å². The molecule has 1 amide bonds. The Morgan fingerprint density at radius 1 is 1.44 bits per heavy atom. The van der Waals surface area contributed by atoms with E-state index in [9.17, 15) is 4.79 Å². The SMILES string of the molecule is O=C(Nc1cncc(Br)c1)C1CCOCC1. The van der Waals surface area contributed by atoms with E-state index in [1.807, 2.05) is 6.07 Å². The van der Waals surface area contributed by atoms with Gasteiger partial charge < -0.3 is 10.1 Å². The van der Waals surface area contributed by atoms with Gasteiger partial charge in [0, 0.05) is 29.8 Å². The topological polar surface area (TPSA) is 51.2 Å². The number of carbonyl (C=O) groups excluding carboxylic acids is 1. The van der Waals surface area contributed by atoms with Crippen LogP contribution in [0.15, 0.2) is 22.9 Å². The molecular weight excluding hydrogens is 272 g/mol. The van der Waals surface area contributed by atoms with Gasteiger partial charge in [0.25, 0.3) is 0 Å². The molecule has 1 aliphatic heterocycles. The molecule has 4 nitrogen and oxygen atoms in total. The summed E-state index contributed by atoms with van der Waals surface area (Å²) in [5.74, 6) is 0.121. The maximum Gasteiger partial charge on any atom is 0.227 e. The molecule has 0 spiro atoms. The smallest absolute Gasteiger partial charge is 0.227 e. The summed E-state index contributed by atoms with van der Waals surface area (Å²) in [5.41, 5.74) is 0.728. The zero-order valence-electron chi connectivity index (χ0n) is 8.78. The molecule has 0 bridgehead atoms. The van der Waals surface area contributed by atoms with E-state index >= 15 is 0 Å². The monoisotopic (exact) mass is 284 g/mol. The van der Waals surface area contributed by atoms with Gasteiger partial charge >= 0.3 is 0 Å². The molecule has 0 saturated carbocycles. The number of carbonyl (C=O) groups is 1. The molecule has 1 aromatic rings. The first-order chi connectivity index (χ1) is 7.75. The zero-order chi connectivity index (χ0) is 11.4.